The van der Waals surface area contributed by atoms with E-state index in [4.69, 9.17) is 4.80 Å². The molecule has 0 fully saturated rings. The van der Waals surface area contributed by atoms with Crippen molar-refractivity contribution in [2.24, 2.45) is 0 Å². The molecule has 1 N–H and O–H groups in total. The van der Waals surface area contributed by atoms with E-state index < -0.39 is 9.43 Å². The second kappa shape index (κ2) is 3.61. The Bertz CT molecular complexity index is 10.0. The predicted molar refractivity (Wildman–Crippen MR) is 25.0 cm³/mol. The van der Waals surface area contributed by atoms with E-state index in [-0.39, 0.29) is 0 Å². The van der Waals surface area contributed by atoms with Gasteiger partial charge in [-0.25, -0.2) is 0 Å². The molecular formula is CH7OPSi. The van der Waals surface area contributed by atoms with Crippen molar-refractivity contribution in [3.8, 4) is 0 Å². The second-order valence-electron chi connectivity index (χ2n) is 0.512. The van der Waals surface area contributed by atoms with Crippen LogP contribution in [0.3, 0.4) is 0 Å². The van der Waals surface area contributed by atoms with Crippen molar-refractivity contribution in [1.82, 2.24) is 0 Å². The zero-order chi connectivity index (χ0) is 3.41. The number of hydrogen-bond donors (Lipinski definition) is 1. The molecule has 0 heterocycles. The van der Waals surface area contributed by atoms with E-state index in [0.29, 0.717) is 0 Å². The van der Waals surface area contributed by atoms with Gasteiger partial charge >= 0.3 is 0 Å². The van der Waals surface area contributed by atoms with Crippen molar-refractivity contribution in [3.63, 3.8) is 0 Å². The Labute approximate surface area is 30.0 Å². The van der Waals surface area contributed by atoms with E-state index in [1.807, 2.05) is 6.66 Å². The Kier molecular flexibility index (Phi) is 4.15. The molecule has 0 spiro atoms. The van der Waals surface area contributed by atoms with Gasteiger partial charge in [-0.2, -0.15) is 0 Å². The molecule has 4 heavy (non-hydrogen) atoms. The van der Waals surface area contributed by atoms with Gasteiger partial charge in [-0.1, -0.05) is 0 Å². The largest absolute Gasteiger partial charge is 0.434 e. The third kappa shape index (κ3) is 2.61. The molecule has 0 saturated carbocycles. The first kappa shape index (κ1) is 4.61. The molecule has 3 heteroatoms. The highest BCUT2D eigenvalue weighted by molar-refractivity contribution is 7.68. The molecule has 0 saturated heterocycles. The summed E-state index contributed by atoms with van der Waals surface area (Å²) in [6.07, 6.45) is 0. The summed E-state index contributed by atoms with van der Waals surface area (Å²) in [5.74, 6) is 0. The monoisotopic (exact) mass is 94.0 g/mol. The first-order chi connectivity index (χ1) is 1.91. The van der Waals surface area contributed by atoms with Crippen LogP contribution in [0.25, 0.3) is 0 Å². The molecule has 0 aliphatic carbocycles. The molecule has 1 nitrogen and oxygen atoms in total. The minimum absolute atomic E-state index is 0.548. The molecule has 1 atom stereocenters. The Balaban J connectivity index is 1.97. The molecule has 0 rings (SSSR count). The summed E-state index contributed by atoms with van der Waals surface area (Å²) in [5, 5.41) is 0. The maximum atomic E-state index is 8.03. The molecule has 0 aliphatic heterocycles. The fourth-order valence-corrected chi connectivity index (χ4v) is 0. The average molecular weight is 94.1 g/mol. The van der Waals surface area contributed by atoms with Gasteiger partial charge in [-0.05, 0) is 6.66 Å². The Hall–Kier alpha value is 0.607. The molecule has 0 aromatic carbocycles. The molecule has 0 aromatic heterocycles. The van der Waals surface area contributed by atoms with Gasteiger partial charge in [0.1, 0.15) is 0 Å². The summed E-state index contributed by atoms with van der Waals surface area (Å²) >= 11 is 0. The van der Waals surface area contributed by atoms with E-state index in [2.05, 4.69) is 0 Å². The van der Waals surface area contributed by atoms with Gasteiger partial charge in [-0.3, -0.25) is 0 Å². The molecule has 1 unspecified atom stereocenters. The number of hydrogen-bond acceptors (Lipinski definition) is 1. The van der Waals surface area contributed by atoms with Crippen molar-refractivity contribution < 1.29 is 4.80 Å². The first-order valence-electron chi connectivity index (χ1n) is 1.17. The smallest absolute Gasteiger partial charge is 0.179 e. The fraction of sp³-hybridized carbons (Fsp3) is 1.00. The summed E-state index contributed by atoms with van der Waals surface area (Å²) in [7, 11) is 0.287. The lowest BCUT2D eigenvalue weighted by atomic mass is 12.0. The first-order valence-corrected chi connectivity index (χ1v) is 5.63. The summed E-state index contributed by atoms with van der Waals surface area (Å²) in [5.41, 5.74) is 0. The predicted octanol–water partition coefficient (Wildman–Crippen LogP) is -0.714. The van der Waals surface area contributed by atoms with Crippen LogP contribution in [0.5, 0.6) is 0 Å². The van der Waals surface area contributed by atoms with E-state index in [1.54, 1.807) is 0 Å². The van der Waals surface area contributed by atoms with Crippen molar-refractivity contribution in [2.45, 2.75) is 0 Å². The van der Waals surface area contributed by atoms with Crippen molar-refractivity contribution in [2.75, 3.05) is 6.66 Å². The van der Waals surface area contributed by atoms with Gasteiger partial charge in [0.25, 0.3) is 0 Å². The molecule has 0 bridgehead atoms. The molecule has 0 aromatic rings. The summed E-state index contributed by atoms with van der Waals surface area (Å²) in [6, 6.07) is 0. The maximum absolute atomic E-state index is 8.03. The zero-order valence-electron chi connectivity index (χ0n) is 2.65. The Morgan fingerprint density at radius 1 is 2.00 bits per heavy atom. The lowest BCUT2D eigenvalue weighted by Gasteiger charge is -1.68. The van der Waals surface area contributed by atoms with Crippen LogP contribution in [-0.4, -0.2) is 20.9 Å². The van der Waals surface area contributed by atoms with E-state index >= 15 is 0 Å². The lowest BCUT2D eigenvalue weighted by molar-refractivity contribution is 0.622. The minimum atomic E-state index is -0.548. The highest BCUT2D eigenvalue weighted by atomic mass is 31.3. The minimum Gasteiger partial charge on any atom is -0.434 e. The molecular weight excluding hydrogens is 87.1 g/mol. The molecule has 26 valence electrons. The van der Waals surface area contributed by atoms with Gasteiger partial charge in [0.15, 0.2) is 9.43 Å². The summed E-state index contributed by atoms with van der Waals surface area (Å²) < 4.78 is 0. The van der Waals surface area contributed by atoms with Crippen molar-refractivity contribution >= 4 is 17.6 Å². The molecule has 0 radical (unpaired) electrons. The average Bonchev–Trinajstić information content (AvgIpc) is 1.37. The van der Waals surface area contributed by atoms with Crippen LogP contribution in [0.1, 0.15) is 0 Å². The van der Waals surface area contributed by atoms with Gasteiger partial charge in [-0.15, -0.1) is 8.13 Å². The quantitative estimate of drug-likeness (QED) is 0.336. The van der Waals surface area contributed by atoms with E-state index in [1.165, 1.54) is 0 Å². The van der Waals surface area contributed by atoms with E-state index in [9.17, 15) is 0 Å². The van der Waals surface area contributed by atoms with Crippen LogP contribution in [0.4, 0.5) is 0 Å². The van der Waals surface area contributed by atoms with Crippen LogP contribution in [0.2, 0.25) is 0 Å². The Morgan fingerprint density at radius 2 is 2.25 bits per heavy atom. The van der Waals surface area contributed by atoms with Gasteiger partial charge in [0.2, 0.25) is 0 Å². The van der Waals surface area contributed by atoms with Crippen molar-refractivity contribution in [1.29, 1.82) is 0 Å². The SMILES string of the molecule is CP[SiH2]O. The van der Waals surface area contributed by atoms with Gasteiger partial charge < -0.3 is 4.80 Å². The van der Waals surface area contributed by atoms with Crippen LogP contribution < -0.4 is 0 Å². The lowest BCUT2D eigenvalue weighted by Crippen LogP contribution is -1.66. The fourth-order valence-electron chi connectivity index (χ4n) is 0. The standard InChI is InChI=1S/CH7OPSi/c1-3-4-2/h2-3H,4H2,1H3. The highest BCUT2D eigenvalue weighted by Crippen LogP contribution is 1.89. The second-order valence-corrected chi connectivity index (χ2v) is 4.61. The van der Waals surface area contributed by atoms with Gasteiger partial charge in [0.05, 0.1) is 0 Å². The third-order valence-electron chi connectivity index (χ3n) is 0.158. The maximum Gasteiger partial charge on any atom is 0.179 e. The van der Waals surface area contributed by atoms with Crippen LogP contribution in [-0.2, 0) is 0 Å². The summed E-state index contributed by atoms with van der Waals surface area (Å²) in [4.78, 5) is 8.03. The Morgan fingerprint density at radius 3 is 2.25 bits per heavy atom. The van der Waals surface area contributed by atoms with E-state index in [0.717, 1.165) is 8.13 Å². The third-order valence-corrected chi connectivity index (χ3v) is 1.42. The molecule has 0 aliphatic rings. The van der Waals surface area contributed by atoms with Crippen LogP contribution in [0, 0.1) is 0 Å². The van der Waals surface area contributed by atoms with Gasteiger partial charge in [0, 0.05) is 0 Å². The summed E-state index contributed by atoms with van der Waals surface area (Å²) in [6.45, 7) is 2.02. The topological polar surface area (TPSA) is 20.2 Å². The highest BCUT2D eigenvalue weighted by Gasteiger charge is 1.59. The zero-order valence-corrected chi connectivity index (χ0v) is 5.07. The molecule has 0 amide bonds. The normalized spacial score (nSPS) is 13.5. The number of rotatable bonds is 1. The van der Waals surface area contributed by atoms with Crippen molar-refractivity contribution in [3.05, 3.63) is 0 Å². The van der Waals surface area contributed by atoms with Crippen LogP contribution in [0.15, 0.2) is 0 Å². The van der Waals surface area contributed by atoms with Crippen LogP contribution >= 0.6 is 8.13 Å².